The third-order valence-corrected chi connectivity index (χ3v) is 4.98. The van der Waals surface area contributed by atoms with Crippen molar-refractivity contribution in [2.24, 2.45) is 5.73 Å². The molecule has 0 radical (unpaired) electrons. The molecule has 1 atom stereocenters. The molecule has 0 bridgehead atoms. The Kier molecular flexibility index (Phi) is 4.27. The van der Waals surface area contributed by atoms with Crippen molar-refractivity contribution >= 4 is 28.2 Å². The van der Waals surface area contributed by atoms with Gasteiger partial charge < -0.3 is 26.0 Å². The second-order valence-corrected chi connectivity index (χ2v) is 6.44. The van der Waals surface area contributed by atoms with Gasteiger partial charge in [-0.3, -0.25) is 4.79 Å². The first-order chi connectivity index (χ1) is 10.1. The molecule has 0 aliphatic carbocycles. The number of hydrogen-bond donors (Lipinski definition) is 2. The minimum atomic E-state index is -0.0420. The first-order valence-corrected chi connectivity index (χ1v) is 8.10. The molecule has 8 heteroatoms. The number of hydrogen-bond acceptors (Lipinski definition) is 7. The van der Waals surface area contributed by atoms with Crippen molar-refractivity contribution in [1.29, 1.82) is 0 Å². The van der Waals surface area contributed by atoms with E-state index in [-0.39, 0.29) is 11.9 Å². The molecule has 0 saturated carbocycles. The van der Waals surface area contributed by atoms with Crippen molar-refractivity contribution in [3.05, 3.63) is 4.88 Å². The van der Waals surface area contributed by atoms with Gasteiger partial charge in [-0.1, -0.05) is 11.3 Å². The van der Waals surface area contributed by atoms with Crippen molar-refractivity contribution in [2.45, 2.75) is 18.9 Å². The number of aromatic nitrogens is 1. The molecule has 1 amide bonds. The number of rotatable bonds is 2. The third kappa shape index (κ3) is 3.12. The van der Waals surface area contributed by atoms with Crippen LogP contribution in [0.5, 0.6) is 0 Å². The average Bonchev–Trinajstić information content (AvgIpc) is 2.89. The number of anilines is 2. The number of carbonyl (C=O) groups excluding carboxylic acids is 1. The highest BCUT2D eigenvalue weighted by Gasteiger charge is 2.27. The molecule has 1 aromatic rings. The van der Waals surface area contributed by atoms with Crippen LogP contribution in [0.4, 0.5) is 10.9 Å². The molecule has 3 rings (SSSR count). The summed E-state index contributed by atoms with van der Waals surface area (Å²) in [5.41, 5.74) is 11.9. The van der Waals surface area contributed by atoms with E-state index in [9.17, 15) is 4.79 Å². The predicted molar refractivity (Wildman–Crippen MR) is 82.7 cm³/mol. The Balaban J connectivity index is 1.75. The lowest BCUT2D eigenvalue weighted by Crippen LogP contribution is -2.45. The molecule has 3 heterocycles. The van der Waals surface area contributed by atoms with Crippen LogP contribution in [0.2, 0.25) is 0 Å². The van der Waals surface area contributed by atoms with Gasteiger partial charge in [0.1, 0.15) is 10.7 Å². The van der Waals surface area contributed by atoms with Gasteiger partial charge in [-0.2, -0.15) is 0 Å². The van der Waals surface area contributed by atoms with Crippen LogP contribution in [0, 0.1) is 0 Å². The van der Waals surface area contributed by atoms with Crippen molar-refractivity contribution in [2.75, 3.05) is 50.0 Å². The molecule has 21 heavy (non-hydrogen) atoms. The minimum absolute atomic E-state index is 0.0420. The van der Waals surface area contributed by atoms with E-state index in [0.29, 0.717) is 30.5 Å². The number of morpholine rings is 1. The normalized spacial score (nSPS) is 23.4. The molecule has 2 saturated heterocycles. The van der Waals surface area contributed by atoms with Gasteiger partial charge in [0.2, 0.25) is 0 Å². The highest BCUT2D eigenvalue weighted by Crippen LogP contribution is 2.30. The average molecular weight is 311 g/mol. The maximum Gasteiger partial charge on any atom is 0.267 e. The number of thiazole rings is 1. The molecule has 2 fully saturated rings. The Hall–Kier alpha value is -1.38. The highest BCUT2D eigenvalue weighted by atomic mass is 32.1. The van der Waals surface area contributed by atoms with Crippen LogP contribution >= 0.6 is 11.3 Å². The molecule has 1 unspecified atom stereocenters. The summed E-state index contributed by atoms with van der Waals surface area (Å²) in [6.45, 7) is 4.29. The number of ether oxygens (including phenoxy) is 1. The summed E-state index contributed by atoms with van der Waals surface area (Å²) in [4.78, 5) is 21.4. The van der Waals surface area contributed by atoms with E-state index in [2.05, 4.69) is 9.88 Å². The lowest BCUT2D eigenvalue weighted by atomic mass is 10.1. The predicted octanol–water partition coefficient (Wildman–Crippen LogP) is 0.125. The van der Waals surface area contributed by atoms with E-state index in [4.69, 9.17) is 16.2 Å². The molecule has 1 aromatic heterocycles. The Morgan fingerprint density at radius 2 is 2.10 bits per heavy atom. The van der Waals surface area contributed by atoms with Gasteiger partial charge in [-0.05, 0) is 12.8 Å². The first kappa shape index (κ1) is 14.6. The van der Waals surface area contributed by atoms with Gasteiger partial charge >= 0.3 is 0 Å². The third-order valence-electron chi connectivity index (χ3n) is 3.86. The van der Waals surface area contributed by atoms with Crippen LogP contribution in [-0.2, 0) is 4.74 Å². The summed E-state index contributed by atoms with van der Waals surface area (Å²) < 4.78 is 5.33. The highest BCUT2D eigenvalue weighted by molar-refractivity contribution is 7.18. The van der Waals surface area contributed by atoms with E-state index < -0.39 is 0 Å². The van der Waals surface area contributed by atoms with Crippen molar-refractivity contribution in [1.82, 2.24) is 9.88 Å². The Labute approximate surface area is 127 Å². The Bertz CT molecular complexity index is 515. The maximum atomic E-state index is 12.6. The van der Waals surface area contributed by atoms with Gasteiger partial charge in [0.05, 0.1) is 13.2 Å². The molecular formula is C13H21N5O2S. The van der Waals surface area contributed by atoms with Crippen LogP contribution in [0.1, 0.15) is 22.5 Å². The van der Waals surface area contributed by atoms with Crippen LogP contribution in [0.15, 0.2) is 0 Å². The molecule has 4 N–H and O–H groups in total. The zero-order valence-corrected chi connectivity index (χ0v) is 12.8. The fourth-order valence-electron chi connectivity index (χ4n) is 2.70. The SMILES string of the molecule is Nc1nc(N2CCOCC2)sc1C(=O)N1CCCC(N)C1. The second kappa shape index (κ2) is 6.17. The van der Waals surface area contributed by atoms with Gasteiger partial charge in [0.15, 0.2) is 5.13 Å². The molecular weight excluding hydrogens is 290 g/mol. The van der Waals surface area contributed by atoms with Crippen LogP contribution in [0.25, 0.3) is 0 Å². The first-order valence-electron chi connectivity index (χ1n) is 7.29. The van der Waals surface area contributed by atoms with Crippen molar-refractivity contribution in [3.63, 3.8) is 0 Å². The van der Waals surface area contributed by atoms with E-state index in [0.717, 1.165) is 37.6 Å². The lowest BCUT2D eigenvalue weighted by molar-refractivity contribution is 0.0714. The molecule has 0 aromatic carbocycles. The van der Waals surface area contributed by atoms with E-state index >= 15 is 0 Å². The van der Waals surface area contributed by atoms with E-state index in [1.807, 2.05) is 0 Å². The summed E-state index contributed by atoms with van der Waals surface area (Å²) in [5.74, 6) is 0.283. The Morgan fingerprint density at radius 3 is 2.81 bits per heavy atom. The smallest absolute Gasteiger partial charge is 0.267 e. The summed E-state index contributed by atoms with van der Waals surface area (Å²) >= 11 is 1.37. The molecule has 2 aliphatic rings. The summed E-state index contributed by atoms with van der Waals surface area (Å²) in [6.07, 6.45) is 1.92. The topological polar surface area (TPSA) is 97.7 Å². The number of piperidine rings is 1. The fraction of sp³-hybridized carbons (Fsp3) is 0.692. The zero-order valence-electron chi connectivity index (χ0n) is 12.0. The van der Waals surface area contributed by atoms with Gasteiger partial charge in [-0.15, -0.1) is 0 Å². The second-order valence-electron chi connectivity index (χ2n) is 5.46. The monoisotopic (exact) mass is 311 g/mol. The van der Waals surface area contributed by atoms with Crippen LogP contribution < -0.4 is 16.4 Å². The number of amides is 1. The van der Waals surface area contributed by atoms with Crippen LogP contribution in [0.3, 0.4) is 0 Å². The number of nitrogens with zero attached hydrogens (tertiary/aromatic N) is 3. The lowest BCUT2D eigenvalue weighted by Gasteiger charge is -2.30. The number of nitrogen functional groups attached to an aromatic ring is 1. The zero-order chi connectivity index (χ0) is 14.8. The number of likely N-dealkylation sites (tertiary alicyclic amines) is 1. The van der Waals surface area contributed by atoms with E-state index in [1.165, 1.54) is 11.3 Å². The largest absolute Gasteiger partial charge is 0.382 e. The molecule has 7 nitrogen and oxygen atoms in total. The quantitative estimate of drug-likeness (QED) is 0.805. The van der Waals surface area contributed by atoms with Crippen molar-refractivity contribution < 1.29 is 9.53 Å². The van der Waals surface area contributed by atoms with Gasteiger partial charge in [0, 0.05) is 32.2 Å². The molecule has 0 spiro atoms. The summed E-state index contributed by atoms with van der Waals surface area (Å²) in [5, 5.41) is 0.806. The standard InChI is InChI=1S/C13H21N5O2S/c14-9-2-1-3-18(8-9)12(19)10-11(15)16-13(21-10)17-4-6-20-7-5-17/h9H,1-8,14-15H2. The summed E-state index contributed by atoms with van der Waals surface area (Å²) in [6, 6.07) is 0.0653. The van der Waals surface area contributed by atoms with Gasteiger partial charge in [0.25, 0.3) is 5.91 Å². The summed E-state index contributed by atoms with van der Waals surface area (Å²) in [7, 11) is 0. The minimum Gasteiger partial charge on any atom is -0.382 e. The number of carbonyl (C=O) groups is 1. The fourth-order valence-corrected chi connectivity index (χ4v) is 3.71. The van der Waals surface area contributed by atoms with Crippen LogP contribution in [-0.4, -0.2) is 61.2 Å². The molecule has 2 aliphatic heterocycles. The Morgan fingerprint density at radius 1 is 1.33 bits per heavy atom. The van der Waals surface area contributed by atoms with Crippen molar-refractivity contribution in [3.8, 4) is 0 Å². The molecule has 116 valence electrons. The maximum absolute atomic E-state index is 12.6. The number of nitrogens with two attached hydrogens (primary N) is 2. The van der Waals surface area contributed by atoms with Gasteiger partial charge in [-0.25, -0.2) is 4.98 Å². The van der Waals surface area contributed by atoms with E-state index in [1.54, 1.807) is 4.90 Å².